The SMILES string of the molecule is Cc1nsc(Cc2cnc(C(F)(F)F)cn2)c1C(=O)Nc1ccc(OC2CCN(CCC(F)(F)F)C2)nc1. The molecule has 1 amide bonds. The van der Waals surface area contributed by atoms with Gasteiger partial charge in [-0.3, -0.25) is 14.7 Å². The lowest BCUT2D eigenvalue weighted by atomic mass is 10.1. The van der Waals surface area contributed by atoms with Crippen molar-refractivity contribution < 1.29 is 35.9 Å². The Morgan fingerprint density at radius 1 is 1.13 bits per heavy atom. The first-order chi connectivity index (χ1) is 17.9. The Bertz CT molecular complexity index is 1250. The third-order valence-electron chi connectivity index (χ3n) is 5.72. The van der Waals surface area contributed by atoms with Gasteiger partial charge < -0.3 is 10.1 Å². The lowest BCUT2D eigenvalue weighted by Crippen LogP contribution is -2.28. The lowest BCUT2D eigenvalue weighted by Gasteiger charge is -2.17. The zero-order valence-electron chi connectivity index (χ0n) is 19.9. The first-order valence-corrected chi connectivity index (χ1v) is 12.2. The van der Waals surface area contributed by atoms with E-state index in [2.05, 4.69) is 24.6 Å². The normalized spacial score (nSPS) is 16.6. The number of anilines is 1. The predicted octanol–water partition coefficient (Wildman–Crippen LogP) is 4.90. The number of alkyl halides is 6. The number of amides is 1. The third kappa shape index (κ3) is 7.37. The van der Waals surface area contributed by atoms with Gasteiger partial charge in [0.05, 0.1) is 41.5 Å². The second-order valence-electron chi connectivity index (χ2n) is 8.67. The Hall–Kier alpha value is -3.33. The zero-order valence-corrected chi connectivity index (χ0v) is 20.8. The van der Waals surface area contributed by atoms with Crippen LogP contribution in [0.5, 0.6) is 5.88 Å². The van der Waals surface area contributed by atoms with E-state index in [1.807, 2.05) is 0 Å². The maximum absolute atomic E-state index is 13.0. The molecule has 0 saturated carbocycles. The minimum atomic E-state index is -4.60. The molecule has 8 nitrogen and oxygen atoms in total. The molecule has 0 radical (unpaired) electrons. The molecule has 0 spiro atoms. The van der Waals surface area contributed by atoms with Crippen LogP contribution >= 0.6 is 11.5 Å². The summed E-state index contributed by atoms with van der Waals surface area (Å²) >= 11 is 1.04. The summed E-state index contributed by atoms with van der Waals surface area (Å²) in [5.74, 6) is -0.196. The molecule has 4 heterocycles. The van der Waals surface area contributed by atoms with Crippen LogP contribution in [0.25, 0.3) is 0 Å². The van der Waals surface area contributed by atoms with E-state index in [0.29, 0.717) is 42.0 Å². The highest BCUT2D eigenvalue weighted by atomic mass is 32.1. The molecule has 1 unspecified atom stereocenters. The predicted molar refractivity (Wildman–Crippen MR) is 125 cm³/mol. The minimum absolute atomic E-state index is 0.0752. The van der Waals surface area contributed by atoms with Crippen LogP contribution in [0.1, 0.15) is 45.2 Å². The summed E-state index contributed by atoms with van der Waals surface area (Å²) in [6.45, 7) is 2.43. The van der Waals surface area contributed by atoms with Crippen molar-refractivity contribution in [3.63, 3.8) is 0 Å². The van der Waals surface area contributed by atoms with Gasteiger partial charge in [-0.2, -0.15) is 30.7 Å². The number of hydrogen-bond donors (Lipinski definition) is 1. The molecule has 3 aromatic rings. The number of ether oxygens (including phenoxy) is 1. The number of aryl methyl sites for hydroxylation is 1. The third-order valence-corrected chi connectivity index (χ3v) is 6.65. The topological polar surface area (TPSA) is 93.1 Å². The molecule has 1 N–H and O–H groups in total. The van der Waals surface area contributed by atoms with Gasteiger partial charge in [-0.1, -0.05) is 0 Å². The average Bonchev–Trinajstić information content (AvgIpc) is 3.44. The van der Waals surface area contributed by atoms with Crippen molar-refractivity contribution in [3.05, 3.63) is 58.2 Å². The average molecular weight is 561 g/mol. The number of rotatable bonds is 8. The molecule has 38 heavy (non-hydrogen) atoms. The largest absolute Gasteiger partial charge is 0.473 e. The summed E-state index contributed by atoms with van der Waals surface area (Å²) < 4.78 is 85.4. The molecule has 0 bridgehead atoms. The Labute approximate surface area is 217 Å². The summed E-state index contributed by atoms with van der Waals surface area (Å²) in [5, 5.41) is 2.71. The van der Waals surface area contributed by atoms with Crippen LogP contribution in [0.15, 0.2) is 30.7 Å². The van der Waals surface area contributed by atoms with Gasteiger partial charge in [0, 0.05) is 43.2 Å². The van der Waals surface area contributed by atoms with E-state index in [1.165, 1.54) is 6.20 Å². The molecular formula is C23H22F6N6O2S. The molecule has 1 fully saturated rings. The molecule has 0 aliphatic carbocycles. The number of halogens is 6. The molecule has 1 aliphatic rings. The number of aromatic nitrogens is 4. The summed E-state index contributed by atoms with van der Waals surface area (Å²) in [7, 11) is 0. The zero-order chi connectivity index (χ0) is 27.5. The Morgan fingerprint density at radius 2 is 1.92 bits per heavy atom. The number of carbonyl (C=O) groups excluding carboxylic acids is 1. The van der Waals surface area contributed by atoms with Gasteiger partial charge in [-0.05, 0) is 30.9 Å². The van der Waals surface area contributed by atoms with Crippen molar-refractivity contribution in [3.8, 4) is 5.88 Å². The minimum Gasteiger partial charge on any atom is -0.473 e. The smallest absolute Gasteiger partial charge is 0.434 e. The molecule has 0 aromatic carbocycles. The molecule has 1 aliphatic heterocycles. The summed E-state index contributed by atoms with van der Waals surface area (Å²) in [6.07, 6.45) is -6.25. The van der Waals surface area contributed by atoms with Gasteiger partial charge in [-0.25, -0.2) is 9.97 Å². The van der Waals surface area contributed by atoms with Crippen molar-refractivity contribution in [2.24, 2.45) is 0 Å². The first kappa shape index (κ1) is 27.7. The molecule has 4 rings (SSSR count). The number of carbonyl (C=O) groups is 1. The second-order valence-corrected chi connectivity index (χ2v) is 9.53. The van der Waals surface area contributed by atoms with Crippen molar-refractivity contribution in [2.45, 2.75) is 44.6 Å². The van der Waals surface area contributed by atoms with Crippen LogP contribution in [0.4, 0.5) is 32.0 Å². The highest BCUT2D eigenvalue weighted by molar-refractivity contribution is 7.06. The number of likely N-dealkylation sites (tertiary alicyclic amines) is 1. The van der Waals surface area contributed by atoms with Crippen LogP contribution in [0.2, 0.25) is 0 Å². The summed E-state index contributed by atoms with van der Waals surface area (Å²) in [6, 6.07) is 3.12. The summed E-state index contributed by atoms with van der Waals surface area (Å²) in [5.41, 5.74) is 0.245. The van der Waals surface area contributed by atoms with Crippen LogP contribution < -0.4 is 10.1 Å². The van der Waals surface area contributed by atoms with Crippen LogP contribution in [0.3, 0.4) is 0 Å². The van der Waals surface area contributed by atoms with Gasteiger partial charge in [0.1, 0.15) is 6.10 Å². The molecule has 1 atom stereocenters. The van der Waals surface area contributed by atoms with Crippen LogP contribution in [-0.2, 0) is 12.6 Å². The number of hydrogen-bond acceptors (Lipinski definition) is 8. The maximum atomic E-state index is 13.0. The second kappa shape index (κ2) is 11.2. The summed E-state index contributed by atoms with van der Waals surface area (Å²) in [4.78, 5) is 26.5. The quantitative estimate of drug-likeness (QED) is 0.392. The highest BCUT2D eigenvalue weighted by Crippen LogP contribution is 2.28. The van der Waals surface area contributed by atoms with E-state index >= 15 is 0 Å². The highest BCUT2D eigenvalue weighted by Gasteiger charge is 2.33. The Morgan fingerprint density at radius 3 is 2.55 bits per heavy atom. The number of nitrogens with zero attached hydrogens (tertiary/aromatic N) is 5. The van der Waals surface area contributed by atoms with Crippen LogP contribution in [-0.4, -0.2) is 62.0 Å². The van der Waals surface area contributed by atoms with Gasteiger partial charge >= 0.3 is 12.4 Å². The van der Waals surface area contributed by atoms with Gasteiger partial charge in [0.15, 0.2) is 5.69 Å². The number of nitrogens with one attached hydrogen (secondary N) is 1. The van der Waals surface area contributed by atoms with E-state index in [9.17, 15) is 31.1 Å². The maximum Gasteiger partial charge on any atom is 0.434 e. The molecular weight excluding hydrogens is 538 g/mol. The van der Waals surface area contributed by atoms with Gasteiger partial charge in [-0.15, -0.1) is 0 Å². The fraction of sp³-hybridized carbons (Fsp3) is 0.435. The monoisotopic (exact) mass is 560 g/mol. The van der Waals surface area contributed by atoms with E-state index < -0.39 is 30.4 Å². The Balaban J connectivity index is 1.33. The van der Waals surface area contributed by atoms with Crippen molar-refractivity contribution in [2.75, 3.05) is 25.0 Å². The van der Waals surface area contributed by atoms with Gasteiger partial charge in [0.2, 0.25) is 5.88 Å². The van der Waals surface area contributed by atoms with E-state index in [-0.39, 0.29) is 36.2 Å². The Kier molecular flexibility index (Phi) is 8.16. The first-order valence-electron chi connectivity index (χ1n) is 11.4. The molecule has 204 valence electrons. The fourth-order valence-electron chi connectivity index (χ4n) is 3.85. The van der Waals surface area contributed by atoms with E-state index in [1.54, 1.807) is 24.0 Å². The number of pyridine rings is 1. The molecule has 3 aromatic heterocycles. The standard InChI is InChI=1S/C23H22F6N6O2S/c1-13-20(17(38-34-13)8-15-10-31-18(11-30-15)23(27,28)29)21(36)33-14-2-3-19(32-9-14)37-16-4-6-35(12-16)7-5-22(24,25)26/h2-3,9-11,16H,4-8,12H2,1H3,(H,33,36). The fourth-order valence-corrected chi connectivity index (χ4v) is 4.74. The van der Waals surface area contributed by atoms with Crippen molar-refractivity contribution in [1.82, 2.24) is 24.2 Å². The van der Waals surface area contributed by atoms with Crippen molar-refractivity contribution >= 4 is 23.1 Å². The van der Waals surface area contributed by atoms with E-state index in [0.717, 1.165) is 17.7 Å². The molecule has 15 heteroatoms. The van der Waals surface area contributed by atoms with Gasteiger partial charge in [0.25, 0.3) is 5.91 Å². The van der Waals surface area contributed by atoms with Crippen molar-refractivity contribution in [1.29, 1.82) is 0 Å². The molecule has 1 saturated heterocycles. The van der Waals surface area contributed by atoms with E-state index in [4.69, 9.17) is 4.74 Å². The lowest BCUT2D eigenvalue weighted by molar-refractivity contribution is -0.141. The van der Waals surface area contributed by atoms with Crippen LogP contribution in [0, 0.1) is 6.92 Å².